The number of allylic oxidation sites excluding steroid dienone is 1. The van der Waals surface area contributed by atoms with Crippen LogP contribution >= 0.6 is 0 Å². The van der Waals surface area contributed by atoms with E-state index < -0.39 is 0 Å². The highest BCUT2D eigenvalue weighted by Gasteiger charge is 2.19. The van der Waals surface area contributed by atoms with Crippen molar-refractivity contribution >= 4 is 23.3 Å². The van der Waals surface area contributed by atoms with E-state index in [4.69, 9.17) is 10.5 Å². The summed E-state index contributed by atoms with van der Waals surface area (Å²) in [6.07, 6.45) is 8.64. The van der Waals surface area contributed by atoms with Gasteiger partial charge in [-0.2, -0.15) is 0 Å². The summed E-state index contributed by atoms with van der Waals surface area (Å²) in [5.41, 5.74) is 11.2. The molecule has 6 rings (SSSR count). The lowest BCUT2D eigenvalue weighted by atomic mass is 10.1. The number of pyridine rings is 1. The van der Waals surface area contributed by atoms with Gasteiger partial charge in [-0.25, -0.2) is 15.0 Å². The number of aliphatic imine (C=N–C) groups is 1. The molecule has 12 heteroatoms. The molecule has 0 atom stereocenters. The third kappa shape index (κ3) is 5.84. The Kier molecular flexibility index (Phi) is 7.86. The molecular formula is C30H33N11O. The number of aryl methyl sites for hydroxylation is 1. The number of ether oxygens (including phenoxy) is 1. The summed E-state index contributed by atoms with van der Waals surface area (Å²) in [5, 5.41) is 11.8. The number of imidazole rings is 1. The van der Waals surface area contributed by atoms with E-state index in [1.807, 2.05) is 54.0 Å². The molecule has 0 bridgehead atoms. The minimum Gasteiger partial charge on any atom is -0.492 e. The molecule has 3 N–H and O–H groups in total. The zero-order valence-electron chi connectivity index (χ0n) is 23.7. The number of nitrogens with zero attached hydrogens (tertiary/aromatic N) is 9. The number of nitrogens with two attached hydrogens (primary N) is 1. The third-order valence-corrected chi connectivity index (χ3v) is 7.32. The lowest BCUT2D eigenvalue weighted by Crippen LogP contribution is -2.36. The van der Waals surface area contributed by atoms with Gasteiger partial charge < -0.3 is 20.4 Å². The molecule has 0 amide bonds. The quantitative estimate of drug-likeness (QED) is 0.245. The predicted molar refractivity (Wildman–Crippen MR) is 162 cm³/mol. The van der Waals surface area contributed by atoms with Gasteiger partial charge in [-0.05, 0) is 24.1 Å². The van der Waals surface area contributed by atoms with Crippen molar-refractivity contribution in [3.63, 3.8) is 0 Å². The maximum atomic E-state index is 6.07. The molecule has 0 saturated heterocycles. The first-order valence-electron chi connectivity index (χ1n) is 13.8. The van der Waals surface area contributed by atoms with E-state index >= 15 is 0 Å². The number of hydrogen-bond donors (Lipinski definition) is 2. The lowest BCUT2D eigenvalue weighted by Gasteiger charge is -2.27. The minimum atomic E-state index is 0.582. The van der Waals surface area contributed by atoms with E-state index in [9.17, 15) is 0 Å². The number of rotatable bonds is 10. The van der Waals surface area contributed by atoms with Gasteiger partial charge in [0, 0.05) is 69.5 Å². The summed E-state index contributed by atoms with van der Waals surface area (Å²) in [5.74, 6) is 3.50. The van der Waals surface area contributed by atoms with E-state index in [1.54, 1.807) is 25.8 Å². The Morgan fingerprint density at radius 1 is 1.10 bits per heavy atom. The number of benzene rings is 1. The summed E-state index contributed by atoms with van der Waals surface area (Å²) in [6, 6.07) is 14.0. The molecule has 1 aromatic carbocycles. The highest BCUT2D eigenvalue weighted by Crippen LogP contribution is 2.23. The largest absolute Gasteiger partial charge is 0.492 e. The zero-order chi connectivity index (χ0) is 28.9. The molecular weight excluding hydrogens is 530 g/mol. The van der Waals surface area contributed by atoms with Crippen LogP contribution in [0.2, 0.25) is 0 Å². The van der Waals surface area contributed by atoms with E-state index in [2.05, 4.69) is 57.1 Å². The second-order valence-corrected chi connectivity index (χ2v) is 10.0. The van der Waals surface area contributed by atoms with Crippen molar-refractivity contribution in [3.05, 3.63) is 90.2 Å². The summed E-state index contributed by atoms with van der Waals surface area (Å²) in [6.45, 7) is 6.67. The zero-order valence-corrected chi connectivity index (χ0v) is 23.7. The summed E-state index contributed by atoms with van der Waals surface area (Å²) in [7, 11) is 1.73. The van der Waals surface area contributed by atoms with Crippen molar-refractivity contribution in [2.75, 3.05) is 32.1 Å². The lowest BCUT2D eigenvalue weighted by molar-refractivity contribution is 0.174. The summed E-state index contributed by atoms with van der Waals surface area (Å²) < 4.78 is 10.2. The van der Waals surface area contributed by atoms with Crippen LogP contribution in [0.3, 0.4) is 0 Å². The first-order chi connectivity index (χ1) is 20.6. The SMILES string of the molecule is CN=CC(=CN)c1ccc(CNc2cc(-c3cnc4cc(OCCN5CCn6c(C)nnc6C5)ccn34)ncn2)cc1. The standard InChI is InChI=1S/C30H33N11O/c1-21-37-38-30-19-39(9-10-40(21)30)11-12-42-25-7-8-41-27(18-34-29(41)13-25)26-14-28(36-20-35-26)33-16-22-3-5-23(6-4-22)24(15-31)17-32-2/h3-8,13-15,17-18,20H,9-12,16,19,31H2,1-2H3,(H,33,35,36). The Labute approximate surface area is 243 Å². The van der Waals surface area contributed by atoms with E-state index in [1.165, 1.54) is 0 Å². The molecule has 5 heterocycles. The number of anilines is 1. The first-order valence-corrected chi connectivity index (χ1v) is 13.8. The summed E-state index contributed by atoms with van der Waals surface area (Å²) in [4.78, 5) is 19.9. The smallest absolute Gasteiger partial charge is 0.147 e. The van der Waals surface area contributed by atoms with Gasteiger partial charge in [0.2, 0.25) is 0 Å². The highest BCUT2D eigenvalue weighted by molar-refractivity contribution is 6.09. The van der Waals surface area contributed by atoms with Gasteiger partial charge in [0.15, 0.2) is 0 Å². The van der Waals surface area contributed by atoms with Gasteiger partial charge in [-0.3, -0.25) is 14.3 Å². The van der Waals surface area contributed by atoms with E-state index in [-0.39, 0.29) is 0 Å². The van der Waals surface area contributed by atoms with Gasteiger partial charge in [-0.1, -0.05) is 24.3 Å². The fraction of sp³-hybridized carbons (Fsp3) is 0.267. The molecule has 4 aromatic heterocycles. The topological polar surface area (TPSA) is 137 Å². The van der Waals surface area contributed by atoms with Crippen LogP contribution in [-0.4, -0.2) is 72.0 Å². The Morgan fingerprint density at radius 3 is 2.81 bits per heavy atom. The summed E-state index contributed by atoms with van der Waals surface area (Å²) >= 11 is 0. The highest BCUT2D eigenvalue weighted by atomic mass is 16.5. The first kappa shape index (κ1) is 27.1. The minimum absolute atomic E-state index is 0.582. The van der Waals surface area contributed by atoms with Crippen LogP contribution in [0, 0.1) is 6.92 Å². The number of nitrogens with one attached hydrogen (secondary N) is 1. The molecule has 0 aliphatic carbocycles. The van der Waals surface area contributed by atoms with Crippen molar-refractivity contribution < 1.29 is 4.74 Å². The van der Waals surface area contributed by atoms with Crippen molar-refractivity contribution in [1.82, 2.24) is 39.0 Å². The molecule has 1 aliphatic rings. The monoisotopic (exact) mass is 563 g/mol. The van der Waals surface area contributed by atoms with E-state index in [0.717, 1.165) is 83.1 Å². The van der Waals surface area contributed by atoms with Crippen LogP contribution in [0.25, 0.3) is 22.6 Å². The average molecular weight is 564 g/mol. The van der Waals surface area contributed by atoms with Crippen LogP contribution in [0.1, 0.15) is 22.8 Å². The van der Waals surface area contributed by atoms with Crippen molar-refractivity contribution in [2.24, 2.45) is 10.7 Å². The molecule has 0 fully saturated rings. The Bertz CT molecular complexity index is 1740. The molecule has 214 valence electrons. The van der Waals surface area contributed by atoms with Gasteiger partial charge >= 0.3 is 0 Å². The van der Waals surface area contributed by atoms with Crippen LogP contribution in [0.4, 0.5) is 5.82 Å². The molecule has 5 aromatic rings. The normalized spacial score (nSPS) is 14.0. The van der Waals surface area contributed by atoms with Crippen molar-refractivity contribution in [3.8, 4) is 17.1 Å². The second kappa shape index (κ2) is 12.2. The fourth-order valence-corrected chi connectivity index (χ4v) is 5.03. The fourth-order valence-electron chi connectivity index (χ4n) is 5.03. The van der Waals surface area contributed by atoms with Gasteiger partial charge in [-0.15, -0.1) is 10.2 Å². The number of fused-ring (bicyclic) bond motifs is 2. The van der Waals surface area contributed by atoms with Gasteiger partial charge in [0.1, 0.15) is 41.8 Å². The van der Waals surface area contributed by atoms with Crippen LogP contribution in [0.5, 0.6) is 5.75 Å². The maximum Gasteiger partial charge on any atom is 0.147 e. The number of hydrogen-bond acceptors (Lipinski definition) is 10. The maximum absolute atomic E-state index is 6.07. The Hall–Kier alpha value is -5.10. The van der Waals surface area contributed by atoms with Gasteiger partial charge in [0.05, 0.1) is 24.1 Å². The molecule has 0 radical (unpaired) electrons. The van der Waals surface area contributed by atoms with Crippen LogP contribution < -0.4 is 15.8 Å². The molecule has 1 aliphatic heterocycles. The van der Waals surface area contributed by atoms with Crippen molar-refractivity contribution in [2.45, 2.75) is 26.6 Å². The third-order valence-electron chi connectivity index (χ3n) is 7.32. The van der Waals surface area contributed by atoms with Crippen LogP contribution in [-0.2, 0) is 19.6 Å². The van der Waals surface area contributed by atoms with E-state index in [0.29, 0.717) is 13.2 Å². The molecule has 0 unspecified atom stereocenters. The number of aromatic nitrogens is 7. The molecule has 0 spiro atoms. The van der Waals surface area contributed by atoms with Crippen molar-refractivity contribution in [1.29, 1.82) is 0 Å². The predicted octanol–water partition coefficient (Wildman–Crippen LogP) is 3.20. The Balaban J connectivity index is 1.06. The Morgan fingerprint density at radius 2 is 1.98 bits per heavy atom. The van der Waals surface area contributed by atoms with Crippen LogP contribution in [0.15, 0.2) is 72.4 Å². The molecule has 0 saturated carbocycles. The average Bonchev–Trinajstić information content (AvgIpc) is 3.62. The molecule has 12 nitrogen and oxygen atoms in total. The molecule has 42 heavy (non-hydrogen) atoms. The van der Waals surface area contributed by atoms with Gasteiger partial charge in [0.25, 0.3) is 0 Å². The second-order valence-electron chi connectivity index (χ2n) is 10.0.